The van der Waals surface area contributed by atoms with E-state index in [0.717, 1.165) is 13.1 Å². The summed E-state index contributed by atoms with van der Waals surface area (Å²) in [7, 11) is 0. The van der Waals surface area contributed by atoms with Crippen LogP contribution in [0.15, 0.2) is 4.99 Å². The molecular formula is C11H25IN4O. The topological polar surface area (TPSA) is 65.5 Å². The number of amides is 1. The molecule has 102 valence electrons. The number of halogens is 1. The van der Waals surface area contributed by atoms with Crippen LogP contribution in [-0.2, 0) is 4.79 Å². The molecule has 6 heteroatoms. The van der Waals surface area contributed by atoms with Crippen molar-refractivity contribution in [1.29, 1.82) is 0 Å². The van der Waals surface area contributed by atoms with E-state index in [0.29, 0.717) is 18.4 Å². The molecule has 0 aromatic heterocycles. The van der Waals surface area contributed by atoms with Crippen molar-refractivity contribution in [3.05, 3.63) is 0 Å². The molecule has 5 nitrogen and oxygen atoms in total. The predicted octanol–water partition coefficient (Wildman–Crippen LogP) is 0.952. The number of rotatable bonds is 6. The van der Waals surface area contributed by atoms with Crippen molar-refractivity contribution in [1.82, 2.24) is 16.0 Å². The van der Waals surface area contributed by atoms with Crippen molar-refractivity contribution in [2.75, 3.05) is 26.2 Å². The summed E-state index contributed by atoms with van der Waals surface area (Å²) in [6.45, 7) is 10.6. The van der Waals surface area contributed by atoms with E-state index in [-0.39, 0.29) is 36.4 Å². The van der Waals surface area contributed by atoms with E-state index in [4.69, 9.17) is 0 Å². The second kappa shape index (κ2) is 11.9. The van der Waals surface area contributed by atoms with Crippen LogP contribution < -0.4 is 16.0 Å². The number of nitrogens with zero attached hydrogens (tertiary/aromatic N) is 1. The maximum atomic E-state index is 11.2. The van der Waals surface area contributed by atoms with Crippen LogP contribution in [-0.4, -0.2) is 38.0 Å². The minimum absolute atomic E-state index is 0. The molecule has 3 N–H and O–H groups in total. The van der Waals surface area contributed by atoms with Crippen molar-refractivity contribution in [3.8, 4) is 0 Å². The Morgan fingerprint density at radius 1 is 1.12 bits per heavy atom. The Bertz CT molecular complexity index is 232. The quantitative estimate of drug-likeness (QED) is 0.377. The molecule has 0 bridgehead atoms. The Hall–Kier alpha value is -0.530. The van der Waals surface area contributed by atoms with Gasteiger partial charge >= 0.3 is 0 Å². The van der Waals surface area contributed by atoms with Crippen LogP contribution in [0, 0.1) is 5.92 Å². The number of nitrogens with one attached hydrogen (secondary N) is 3. The third kappa shape index (κ3) is 11.7. The summed E-state index contributed by atoms with van der Waals surface area (Å²) in [5.41, 5.74) is 0. The third-order valence-corrected chi connectivity index (χ3v) is 1.78. The first kappa shape index (κ1) is 18.8. The molecule has 0 heterocycles. The van der Waals surface area contributed by atoms with E-state index in [1.807, 2.05) is 13.8 Å². The second-order valence-corrected chi connectivity index (χ2v) is 3.92. The minimum atomic E-state index is -0.0516. The van der Waals surface area contributed by atoms with Crippen molar-refractivity contribution >= 4 is 35.8 Å². The van der Waals surface area contributed by atoms with Gasteiger partial charge in [-0.2, -0.15) is 0 Å². The molecule has 0 spiro atoms. The average Bonchev–Trinajstić information content (AvgIpc) is 2.22. The van der Waals surface area contributed by atoms with E-state index in [2.05, 4.69) is 34.8 Å². The molecule has 0 atom stereocenters. The molecule has 0 fully saturated rings. The number of aliphatic imine (C=N–C) groups is 1. The first-order chi connectivity index (χ1) is 7.60. The van der Waals surface area contributed by atoms with E-state index in [9.17, 15) is 4.79 Å². The molecule has 0 radical (unpaired) electrons. The molecule has 0 saturated heterocycles. The Morgan fingerprint density at radius 2 is 1.71 bits per heavy atom. The molecule has 0 aliphatic heterocycles. The molecule has 0 rings (SSSR count). The maximum absolute atomic E-state index is 11.2. The summed E-state index contributed by atoms with van der Waals surface area (Å²) in [6, 6.07) is 0. The predicted molar refractivity (Wildman–Crippen MR) is 82.9 cm³/mol. The molecule has 17 heavy (non-hydrogen) atoms. The molecule has 0 aromatic rings. The Kier molecular flexibility index (Phi) is 13.2. The van der Waals surface area contributed by atoms with E-state index in [1.54, 1.807) is 0 Å². The van der Waals surface area contributed by atoms with Gasteiger partial charge in [0.1, 0.15) is 6.54 Å². The van der Waals surface area contributed by atoms with Gasteiger partial charge in [0.2, 0.25) is 5.91 Å². The van der Waals surface area contributed by atoms with Gasteiger partial charge in [-0.3, -0.25) is 4.79 Å². The zero-order valence-corrected chi connectivity index (χ0v) is 13.5. The molecular weight excluding hydrogens is 331 g/mol. The van der Waals surface area contributed by atoms with E-state index in [1.165, 1.54) is 0 Å². The summed E-state index contributed by atoms with van der Waals surface area (Å²) in [6.07, 6.45) is 0. The van der Waals surface area contributed by atoms with E-state index >= 15 is 0 Å². The molecule has 0 aromatic carbocycles. The number of carbonyl (C=O) groups is 1. The SMILES string of the molecule is CCNC(=O)CN=C(NCC)NCC(C)C.I. The largest absolute Gasteiger partial charge is 0.357 e. The summed E-state index contributed by atoms with van der Waals surface area (Å²) in [5, 5.41) is 8.98. The molecule has 1 amide bonds. The van der Waals surface area contributed by atoms with Crippen LogP contribution in [0.1, 0.15) is 27.7 Å². The van der Waals surface area contributed by atoms with Crippen LogP contribution in [0.4, 0.5) is 0 Å². The lowest BCUT2D eigenvalue weighted by Gasteiger charge is -2.12. The van der Waals surface area contributed by atoms with E-state index < -0.39 is 0 Å². The lowest BCUT2D eigenvalue weighted by atomic mass is 10.2. The van der Waals surface area contributed by atoms with Gasteiger partial charge in [-0.1, -0.05) is 13.8 Å². The van der Waals surface area contributed by atoms with Crippen LogP contribution in [0.3, 0.4) is 0 Å². The van der Waals surface area contributed by atoms with Gasteiger partial charge in [0.15, 0.2) is 5.96 Å². The highest BCUT2D eigenvalue weighted by atomic mass is 127. The highest BCUT2D eigenvalue weighted by Gasteiger charge is 2.01. The average molecular weight is 356 g/mol. The summed E-state index contributed by atoms with van der Waals surface area (Å²) in [5.74, 6) is 1.19. The zero-order valence-electron chi connectivity index (χ0n) is 11.2. The second-order valence-electron chi connectivity index (χ2n) is 3.92. The first-order valence-corrected chi connectivity index (χ1v) is 5.89. The smallest absolute Gasteiger partial charge is 0.241 e. The van der Waals surface area contributed by atoms with Crippen LogP contribution in [0.2, 0.25) is 0 Å². The zero-order chi connectivity index (χ0) is 12.4. The molecule has 0 aliphatic carbocycles. The Morgan fingerprint density at radius 3 is 2.18 bits per heavy atom. The van der Waals surface area contributed by atoms with Crippen molar-refractivity contribution < 1.29 is 4.79 Å². The summed E-state index contributed by atoms with van der Waals surface area (Å²) >= 11 is 0. The fourth-order valence-corrected chi connectivity index (χ4v) is 1.05. The van der Waals surface area contributed by atoms with Gasteiger partial charge in [0.25, 0.3) is 0 Å². The van der Waals surface area contributed by atoms with Gasteiger partial charge in [0, 0.05) is 19.6 Å². The lowest BCUT2D eigenvalue weighted by Crippen LogP contribution is -2.40. The summed E-state index contributed by atoms with van der Waals surface area (Å²) in [4.78, 5) is 15.4. The minimum Gasteiger partial charge on any atom is -0.357 e. The van der Waals surface area contributed by atoms with Gasteiger partial charge in [-0.25, -0.2) is 4.99 Å². The number of carbonyl (C=O) groups excluding carboxylic acids is 1. The van der Waals surface area contributed by atoms with Crippen molar-refractivity contribution in [2.24, 2.45) is 10.9 Å². The van der Waals surface area contributed by atoms with Crippen LogP contribution in [0.5, 0.6) is 0 Å². The number of hydrogen-bond acceptors (Lipinski definition) is 2. The third-order valence-electron chi connectivity index (χ3n) is 1.78. The molecule has 0 aliphatic rings. The van der Waals surface area contributed by atoms with Crippen molar-refractivity contribution in [3.63, 3.8) is 0 Å². The Labute approximate surface area is 121 Å². The van der Waals surface area contributed by atoms with Crippen molar-refractivity contribution in [2.45, 2.75) is 27.7 Å². The standard InChI is InChI=1S/C11H24N4O.HI/c1-5-12-10(16)8-15-11(13-6-2)14-7-9(3)4;/h9H,5-8H2,1-4H3,(H,12,16)(H2,13,14,15);1H. The van der Waals surface area contributed by atoms with Crippen LogP contribution >= 0.6 is 24.0 Å². The fraction of sp³-hybridized carbons (Fsp3) is 0.818. The first-order valence-electron chi connectivity index (χ1n) is 5.89. The van der Waals surface area contributed by atoms with Gasteiger partial charge in [0.05, 0.1) is 0 Å². The lowest BCUT2D eigenvalue weighted by molar-refractivity contribution is -0.119. The van der Waals surface area contributed by atoms with Gasteiger partial charge < -0.3 is 16.0 Å². The van der Waals surface area contributed by atoms with Gasteiger partial charge in [-0.05, 0) is 19.8 Å². The normalized spacial score (nSPS) is 10.8. The van der Waals surface area contributed by atoms with Crippen LogP contribution in [0.25, 0.3) is 0 Å². The molecule has 0 saturated carbocycles. The highest BCUT2D eigenvalue weighted by Crippen LogP contribution is 1.86. The maximum Gasteiger partial charge on any atom is 0.241 e. The number of likely N-dealkylation sites (N-methyl/N-ethyl adjacent to an activating group) is 1. The Balaban J connectivity index is 0. The highest BCUT2D eigenvalue weighted by molar-refractivity contribution is 14.0. The number of hydrogen-bond donors (Lipinski definition) is 3. The number of guanidine groups is 1. The summed E-state index contributed by atoms with van der Waals surface area (Å²) < 4.78 is 0. The monoisotopic (exact) mass is 356 g/mol. The fourth-order valence-electron chi connectivity index (χ4n) is 1.05. The molecule has 0 unspecified atom stereocenters. The van der Waals surface area contributed by atoms with Gasteiger partial charge in [-0.15, -0.1) is 24.0 Å².